The van der Waals surface area contributed by atoms with Crippen molar-refractivity contribution in [3.8, 4) is 12.3 Å². The number of carbonyl (C=O) groups excluding carboxylic acids is 4. The maximum absolute atomic E-state index is 13.6. The Morgan fingerprint density at radius 2 is 1.71 bits per heavy atom. The molecule has 0 radical (unpaired) electrons. The maximum atomic E-state index is 13.6. The second-order valence-electron chi connectivity index (χ2n) is 13.4. The molecule has 0 saturated carbocycles. The molecular weight excluding hydrogens is 701 g/mol. The second-order valence-corrected chi connectivity index (χ2v) is 16.9. The largest absolute Gasteiger partial charge is 0.366 e. The van der Waals surface area contributed by atoms with Crippen LogP contribution in [0.25, 0.3) is 6.08 Å². The summed E-state index contributed by atoms with van der Waals surface area (Å²) in [5.41, 5.74) is -0.567. The van der Waals surface area contributed by atoms with Crippen molar-refractivity contribution in [2.45, 2.75) is 87.0 Å². The summed E-state index contributed by atoms with van der Waals surface area (Å²) < 4.78 is 34.2. The molecule has 0 saturated heterocycles. The number of imide groups is 1. The van der Waals surface area contributed by atoms with Crippen LogP contribution in [0.4, 0.5) is 0 Å². The average Bonchev–Trinajstić information content (AvgIpc) is 3.42. The lowest BCUT2D eigenvalue weighted by atomic mass is 9.94. The average molecular weight is 751 g/mol. The van der Waals surface area contributed by atoms with Gasteiger partial charge in [-0.2, -0.15) is 4.31 Å². The number of nitrogens with one attached hydrogen (secondary N) is 2. The van der Waals surface area contributed by atoms with Gasteiger partial charge in [-0.3, -0.25) is 24.1 Å². The van der Waals surface area contributed by atoms with Crippen LogP contribution >= 0.6 is 11.8 Å². The van der Waals surface area contributed by atoms with Crippen LogP contribution in [0.3, 0.4) is 0 Å². The predicted octanol–water partition coefficient (Wildman–Crippen LogP) is 5.04. The monoisotopic (exact) mass is 750 g/mol. The van der Waals surface area contributed by atoms with Crippen LogP contribution in [-0.4, -0.2) is 90.4 Å². The summed E-state index contributed by atoms with van der Waals surface area (Å²) in [5.74, 6) is 0.987. The zero-order chi connectivity index (χ0) is 38.5. The van der Waals surface area contributed by atoms with E-state index in [1.54, 1.807) is 31.7 Å². The van der Waals surface area contributed by atoms with E-state index in [0.717, 1.165) is 15.4 Å². The number of carbonyl (C=O) groups is 4. The minimum absolute atomic E-state index is 0.0191. The molecule has 3 rings (SSSR count). The number of hydrogen-bond acceptors (Lipinski definition) is 8. The summed E-state index contributed by atoms with van der Waals surface area (Å²) in [6.07, 6.45) is 13.0. The fraction of sp³-hybridized carbons (Fsp3) is 0.436. The van der Waals surface area contributed by atoms with Crippen molar-refractivity contribution in [1.82, 2.24) is 19.8 Å². The third kappa shape index (κ3) is 11.9. The first-order valence-corrected chi connectivity index (χ1v) is 19.6. The second kappa shape index (κ2) is 19.0. The van der Waals surface area contributed by atoms with Crippen molar-refractivity contribution in [2.24, 2.45) is 0 Å². The number of rotatable bonds is 20. The molecule has 0 aromatic heterocycles. The normalized spacial score (nSPS) is 14.6. The highest BCUT2D eigenvalue weighted by Gasteiger charge is 2.31. The summed E-state index contributed by atoms with van der Waals surface area (Å²) in [6, 6.07) is 13.7. The molecule has 280 valence electrons. The van der Waals surface area contributed by atoms with E-state index in [4.69, 9.17) is 11.2 Å². The number of terminal acetylenes is 1. The fourth-order valence-corrected chi connectivity index (χ4v) is 7.37. The van der Waals surface area contributed by atoms with Crippen LogP contribution in [0.15, 0.2) is 76.5 Å². The molecule has 1 heterocycles. The highest BCUT2D eigenvalue weighted by molar-refractivity contribution is 8.00. The van der Waals surface area contributed by atoms with E-state index in [0.29, 0.717) is 24.5 Å². The molecule has 11 nitrogen and oxygen atoms in total. The highest BCUT2D eigenvalue weighted by atomic mass is 32.2. The number of nitrogens with zero attached hydrogens (tertiary/aromatic N) is 2. The standard InChI is InChI=1S/C39H50N4O7S2/c1-8-25-42(26-12-15-30-14-10-11-16-33(30)51-29(3)4)52(48,49)32-19-17-31(18-20-32)36(46)41-39(7,9-2)23-28-50-38(5,6)37(47)40-24-13-27-43-34(44)21-22-35(43)45/h1,10-12,14-22,29H,9,13,23-28H2,2-7H3,(H,40,47)(H,41,46)/b15-12+. The van der Waals surface area contributed by atoms with Crippen LogP contribution in [0.5, 0.6) is 0 Å². The van der Waals surface area contributed by atoms with Gasteiger partial charge in [-0.1, -0.05) is 57.0 Å². The quantitative estimate of drug-likeness (QED) is 0.0831. The first-order valence-electron chi connectivity index (χ1n) is 17.3. The first kappa shape index (κ1) is 42.2. The smallest absolute Gasteiger partial charge is 0.253 e. The van der Waals surface area contributed by atoms with Crippen molar-refractivity contribution in [3.05, 3.63) is 77.9 Å². The molecule has 1 aliphatic rings. The lowest BCUT2D eigenvalue weighted by Crippen LogP contribution is -2.48. The fourth-order valence-electron chi connectivity index (χ4n) is 5.13. The summed E-state index contributed by atoms with van der Waals surface area (Å²) in [6.45, 7) is 11.9. The molecule has 0 spiro atoms. The predicted molar refractivity (Wildman–Crippen MR) is 205 cm³/mol. The molecule has 4 amide bonds. The van der Waals surface area contributed by atoms with Gasteiger partial charge in [-0.05, 0) is 75.9 Å². The van der Waals surface area contributed by atoms with Crippen molar-refractivity contribution >= 4 is 51.5 Å². The Balaban J connectivity index is 1.55. The molecule has 0 aliphatic carbocycles. The molecule has 2 aromatic carbocycles. The lowest BCUT2D eigenvalue weighted by molar-refractivity contribution is -0.143. The van der Waals surface area contributed by atoms with Gasteiger partial charge in [0.15, 0.2) is 0 Å². The SMILES string of the molecule is C#CCN(C/C=C/c1ccccc1SC(C)C)S(=O)(=O)c1ccc(C(=O)NC(C)(CC)CCOC(C)(C)C(=O)NCCCN2C(=O)C=CC2=O)cc1. The van der Waals surface area contributed by atoms with E-state index < -0.39 is 21.2 Å². The number of thioether (sulfide) groups is 1. The molecule has 52 heavy (non-hydrogen) atoms. The molecule has 1 unspecified atom stereocenters. The number of amides is 4. The lowest BCUT2D eigenvalue weighted by Gasteiger charge is -2.32. The Labute approximate surface area is 312 Å². The Morgan fingerprint density at radius 3 is 2.33 bits per heavy atom. The molecule has 1 atom stereocenters. The number of hydrogen-bond donors (Lipinski definition) is 2. The van der Waals surface area contributed by atoms with Gasteiger partial charge in [-0.25, -0.2) is 8.42 Å². The van der Waals surface area contributed by atoms with Gasteiger partial charge in [0, 0.05) is 53.0 Å². The van der Waals surface area contributed by atoms with Crippen LogP contribution in [-0.2, 0) is 29.1 Å². The van der Waals surface area contributed by atoms with Crippen molar-refractivity contribution in [3.63, 3.8) is 0 Å². The van der Waals surface area contributed by atoms with Crippen LogP contribution in [0, 0.1) is 12.3 Å². The van der Waals surface area contributed by atoms with E-state index in [1.165, 1.54) is 40.7 Å². The minimum atomic E-state index is -3.96. The van der Waals surface area contributed by atoms with E-state index >= 15 is 0 Å². The van der Waals surface area contributed by atoms with Crippen molar-refractivity contribution < 1.29 is 32.3 Å². The van der Waals surface area contributed by atoms with E-state index in [-0.39, 0.29) is 66.9 Å². The third-order valence-corrected chi connectivity index (χ3v) is 11.4. The van der Waals surface area contributed by atoms with Gasteiger partial charge in [0.25, 0.3) is 23.6 Å². The Kier molecular flexibility index (Phi) is 15.4. The van der Waals surface area contributed by atoms with Crippen molar-refractivity contribution in [2.75, 3.05) is 32.8 Å². The zero-order valence-corrected chi connectivity index (χ0v) is 32.4. The molecular formula is C39H50N4O7S2. The molecule has 2 N–H and O–H groups in total. The van der Waals surface area contributed by atoms with Gasteiger partial charge < -0.3 is 15.4 Å². The maximum Gasteiger partial charge on any atom is 0.253 e. The van der Waals surface area contributed by atoms with Crippen LogP contribution < -0.4 is 10.6 Å². The summed E-state index contributed by atoms with van der Waals surface area (Å²) in [7, 11) is -3.96. The van der Waals surface area contributed by atoms with Gasteiger partial charge in [0.1, 0.15) is 5.60 Å². The molecule has 1 aliphatic heterocycles. The van der Waals surface area contributed by atoms with Gasteiger partial charge in [0.05, 0.1) is 18.0 Å². The Bertz CT molecular complexity index is 1780. The van der Waals surface area contributed by atoms with Crippen LogP contribution in [0.1, 0.15) is 76.7 Å². The first-order chi connectivity index (χ1) is 24.5. The Hall–Kier alpha value is -4.22. The molecule has 0 bridgehead atoms. The number of ether oxygens (including phenoxy) is 1. The number of benzene rings is 2. The topological polar surface area (TPSA) is 142 Å². The molecule has 13 heteroatoms. The van der Waals surface area contributed by atoms with E-state index in [9.17, 15) is 27.6 Å². The third-order valence-electron chi connectivity index (χ3n) is 8.51. The summed E-state index contributed by atoms with van der Waals surface area (Å²) in [4.78, 5) is 51.7. The van der Waals surface area contributed by atoms with Crippen LogP contribution in [0.2, 0.25) is 0 Å². The minimum Gasteiger partial charge on any atom is -0.366 e. The van der Waals surface area contributed by atoms with Crippen molar-refractivity contribution in [1.29, 1.82) is 0 Å². The van der Waals surface area contributed by atoms with E-state index in [2.05, 4.69) is 30.4 Å². The Morgan fingerprint density at radius 1 is 1.06 bits per heavy atom. The van der Waals surface area contributed by atoms with Gasteiger partial charge in [0.2, 0.25) is 10.0 Å². The molecule has 0 fully saturated rings. The number of sulfonamides is 1. The van der Waals surface area contributed by atoms with Gasteiger partial charge >= 0.3 is 0 Å². The summed E-state index contributed by atoms with van der Waals surface area (Å²) in [5, 5.41) is 6.21. The summed E-state index contributed by atoms with van der Waals surface area (Å²) >= 11 is 1.73. The highest BCUT2D eigenvalue weighted by Crippen LogP contribution is 2.27. The molecule has 2 aromatic rings. The van der Waals surface area contributed by atoms with E-state index in [1.807, 2.05) is 44.2 Å². The van der Waals surface area contributed by atoms with Gasteiger partial charge in [-0.15, -0.1) is 18.2 Å². The zero-order valence-electron chi connectivity index (χ0n) is 30.8.